The van der Waals surface area contributed by atoms with Crippen molar-refractivity contribution < 1.29 is 14.5 Å². The fourth-order valence-electron chi connectivity index (χ4n) is 3.22. The Kier molecular flexibility index (Phi) is 5.17. The molecule has 2 aromatic rings. The molecule has 0 bridgehead atoms. The topological polar surface area (TPSA) is 72.7 Å². The summed E-state index contributed by atoms with van der Waals surface area (Å²) in [6.07, 6.45) is 0.612. The second kappa shape index (κ2) is 7.39. The van der Waals surface area contributed by atoms with E-state index in [-0.39, 0.29) is 29.2 Å². The van der Waals surface area contributed by atoms with Crippen LogP contribution in [-0.4, -0.2) is 23.5 Å². The number of esters is 1. The number of nitro benzene ring substituents is 1. The minimum atomic E-state index is -0.561. The molecule has 1 aliphatic heterocycles. The zero-order valence-electron chi connectivity index (χ0n) is 15.8. The van der Waals surface area contributed by atoms with Crippen molar-refractivity contribution in [3.63, 3.8) is 0 Å². The Morgan fingerprint density at radius 1 is 1.22 bits per heavy atom. The van der Waals surface area contributed by atoms with Crippen molar-refractivity contribution in [3.05, 3.63) is 69.8 Å². The van der Waals surface area contributed by atoms with Gasteiger partial charge in [0.15, 0.2) is 0 Å². The first kappa shape index (κ1) is 18.9. The summed E-state index contributed by atoms with van der Waals surface area (Å²) in [4.78, 5) is 25.1. The average Bonchev–Trinajstić information content (AvgIpc) is 2.96. The normalized spacial score (nSPS) is 16.1. The summed E-state index contributed by atoms with van der Waals surface area (Å²) in [6.45, 7) is 6.38. The molecule has 0 aromatic heterocycles. The quantitative estimate of drug-likeness (QED) is 0.451. The predicted molar refractivity (Wildman–Crippen MR) is 104 cm³/mol. The van der Waals surface area contributed by atoms with Crippen LogP contribution in [0.1, 0.15) is 31.9 Å². The standard InChI is InChI=1S/C21H24N2O4/c1-21(2,3)20(24)27-14-18-12-16-11-17(23(25)26)9-10-19(16)22(18)13-15-7-5-4-6-8-15/h4-11,18H,12-14H2,1-3H3/t18-/m0/s1. The SMILES string of the molecule is CC(C)(C)C(=O)OC[C@@H]1Cc2cc([N+](=O)[O-])ccc2N1Cc1ccccc1. The van der Waals surface area contributed by atoms with E-state index in [0.717, 1.165) is 16.8 Å². The molecule has 0 N–H and O–H groups in total. The summed E-state index contributed by atoms with van der Waals surface area (Å²) >= 11 is 0. The van der Waals surface area contributed by atoms with Crippen molar-refractivity contribution in [2.24, 2.45) is 5.41 Å². The number of nitrogens with zero attached hydrogens (tertiary/aromatic N) is 2. The third-order valence-electron chi connectivity index (χ3n) is 4.69. The lowest BCUT2D eigenvalue weighted by molar-refractivity contribution is -0.384. The maximum Gasteiger partial charge on any atom is 0.311 e. The second-order valence-corrected chi connectivity index (χ2v) is 7.89. The molecule has 0 aliphatic carbocycles. The zero-order chi connectivity index (χ0) is 19.6. The predicted octanol–water partition coefficient (Wildman–Crippen LogP) is 4.12. The highest BCUT2D eigenvalue weighted by atomic mass is 16.6. The van der Waals surface area contributed by atoms with E-state index in [2.05, 4.69) is 4.90 Å². The summed E-state index contributed by atoms with van der Waals surface area (Å²) in [5.41, 5.74) is 2.53. The van der Waals surface area contributed by atoms with Crippen LogP contribution in [0.4, 0.5) is 11.4 Å². The Morgan fingerprint density at radius 3 is 2.56 bits per heavy atom. The number of carbonyl (C=O) groups is 1. The van der Waals surface area contributed by atoms with Crippen LogP contribution in [0.3, 0.4) is 0 Å². The highest BCUT2D eigenvalue weighted by Crippen LogP contribution is 2.36. The maximum atomic E-state index is 12.2. The van der Waals surface area contributed by atoms with Crippen LogP contribution in [0, 0.1) is 15.5 Å². The van der Waals surface area contributed by atoms with Crippen LogP contribution >= 0.6 is 0 Å². The van der Waals surface area contributed by atoms with Gasteiger partial charge in [0.1, 0.15) is 6.61 Å². The summed E-state index contributed by atoms with van der Waals surface area (Å²) in [6, 6.07) is 14.9. The van der Waals surface area contributed by atoms with E-state index in [4.69, 9.17) is 4.74 Å². The number of fused-ring (bicyclic) bond motifs is 1. The van der Waals surface area contributed by atoms with Crippen molar-refractivity contribution in [1.29, 1.82) is 0 Å². The number of nitro groups is 1. The van der Waals surface area contributed by atoms with Gasteiger partial charge in [0.25, 0.3) is 5.69 Å². The Bertz CT molecular complexity index is 843. The minimum absolute atomic E-state index is 0.0477. The van der Waals surface area contributed by atoms with Crippen LogP contribution in [-0.2, 0) is 22.5 Å². The van der Waals surface area contributed by atoms with E-state index in [0.29, 0.717) is 13.0 Å². The molecular weight excluding hydrogens is 344 g/mol. The number of anilines is 1. The van der Waals surface area contributed by atoms with Crippen molar-refractivity contribution >= 4 is 17.3 Å². The van der Waals surface area contributed by atoms with Gasteiger partial charge < -0.3 is 9.64 Å². The maximum absolute atomic E-state index is 12.2. The van der Waals surface area contributed by atoms with Gasteiger partial charge in [0, 0.05) is 24.4 Å². The van der Waals surface area contributed by atoms with E-state index in [1.54, 1.807) is 12.1 Å². The number of hydrogen-bond donors (Lipinski definition) is 0. The summed E-state index contributed by atoms with van der Waals surface area (Å²) in [7, 11) is 0. The number of non-ortho nitro benzene ring substituents is 1. The van der Waals surface area contributed by atoms with Gasteiger partial charge >= 0.3 is 5.97 Å². The molecule has 0 saturated carbocycles. The third kappa shape index (κ3) is 4.27. The fraction of sp³-hybridized carbons (Fsp3) is 0.381. The molecule has 0 spiro atoms. The van der Waals surface area contributed by atoms with Crippen LogP contribution < -0.4 is 4.90 Å². The molecule has 27 heavy (non-hydrogen) atoms. The largest absolute Gasteiger partial charge is 0.463 e. The first-order valence-corrected chi connectivity index (χ1v) is 9.01. The monoisotopic (exact) mass is 368 g/mol. The van der Waals surface area contributed by atoms with E-state index >= 15 is 0 Å². The number of ether oxygens (including phenoxy) is 1. The first-order chi connectivity index (χ1) is 12.8. The average molecular weight is 368 g/mol. The number of rotatable bonds is 5. The molecular formula is C21H24N2O4. The molecule has 1 heterocycles. The van der Waals surface area contributed by atoms with Crippen LogP contribution in [0.15, 0.2) is 48.5 Å². The molecule has 0 radical (unpaired) electrons. The molecule has 0 unspecified atom stereocenters. The van der Waals surface area contributed by atoms with Crippen LogP contribution in [0.2, 0.25) is 0 Å². The van der Waals surface area contributed by atoms with Crippen LogP contribution in [0.5, 0.6) is 0 Å². The third-order valence-corrected chi connectivity index (χ3v) is 4.69. The van der Waals surface area contributed by atoms with Gasteiger partial charge in [-0.05, 0) is 44.4 Å². The summed E-state index contributed by atoms with van der Waals surface area (Å²) < 4.78 is 5.55. The molecule has 2 aromatic carbocycles. The Balaban J connectivity index is 1.84. The summed E-state index contributed by atoms with van der Waals surface area (Å²) in [5, 5.41) is 11.1. The fourth-order valence-corrected chi connectivity index (χ4v) is 3.22. The zero-order valence-corrected chi connectivity index (χ0v) is 15.8. The molecule has 1 aliphatic rings. The Hall–Kier alpha value is -2.89. The molecule has 0 fully saturated rings. The highest BCUT2D eigenvalue weighted by Gasteiger charge is 2.33. The van der Waals surface area contributed by atoms with Crippen molar-refractivity contribution in [2.45, 2.75) is 39.8 Å². The van der Waals surface area contributed by atoms with Gasteiger partial charge in [-0.1, -0.05) is 30.3 Å². The number of carbonyl (C=O) groups excluding carboxylic acids is 1. The molecule has 6 nitrogen and oxygen atoms in total. The van der Waals surface area contributed by atoms with Crippen LogP contribution in [0.25, 0.3) is 0 Å². The molecule has 0 amide bonds. The van der Waals surface area contributed by atoms with Crippen molar-refractivity contribution in [1.82, 2.24) is 0 Å². The second-order valence-electron chi connectivity index (χ2n) is 7.89. The number of benzene rings is 2. The lowest BCUT2D eigenvalue weighted by Gasteiger charge is -2.28. The summed E-state index contributed by atoms with van der Waals surface area (Å²) in [5.74, 6) is -0.246. The van der Waals surface area contributed by atoms with E-state index in [1.807, 2.05) is 51.1 Å². The van der Waals surface area contributed by atoms with Gasteiger partial charge in [0.05, 0.1) is 16.4 Å². The molecule has 6 heteroatoms. The van der Waals surface area contributed by atoms with Crippen molar-refractivity contribution in [3.8, 4) is 0 Å². The molecule has 142 valence electrons. The van der Waals surface area contributed by atoms with Gasteiger partial charge in [-0.15, -0.1) is 0 Å². The number of hydrogen-bond acceptors (Lipinski definition) is 5. The Morgan fingerprint density at radius 2 is 1.93 bits per heavy atom. The molecule has 1 atom stereocenters. The van der Waals surface area contributed by atoms with E-state index in [9.17, 15) is 14.9 Å². The lowest BCUT2D eigenvalue weighted by atomic mass is 9.97. The lowest BCUT2D eigenvalue weighted by Crippen LogP contribution is -2.37. The van der Waals surface area contributed by atoms with E-state index < -0.39 is 5.41 Å². The highest BCUT2D eigenvalue weighted by molar-refractivity contribution is 5.75. The first-order valence-electron chi connectivity index (χ1n) is 9.01. The van der Waals surface area contributed by atoms with Gasteiger partial charge in [-0.2, -0.15) is 0 Å². The Labute approximate surface area is 158 Å². The smallest absolute Gasteiger partial charge is 0.311 e. The van der Waals surface area contributed by atoms with Gasteiger partial charge in [-0.25, -0.2) is 0 Å². The van der Waals surface area contributed by atoms with Gasteiger partial charge in [0.2, 0.25) is 0 Å². The molecule has 0 saturated heterocycles. The minimum Gasteiger partial charge on any atom is -0.463 e. The van der Waals surface area contributed by atoms with Gasteiger partial charge in [-0.3, -0.25) is 14.9 Å². The van der Waals surface area contributed by atoms with Crippen molar-refractivity contribution in [2.75, 3.05) is 11.5 Å². The van der Waals surface area contributed by atoms with E-state index in [1.165, 1.54) is 6.07 Å². The molecule has 3 rings (SSSR count).